The Morgan fingerprint density at radius 1 is 1.53 bits per heavy atom. The van der Waals surface area contributed by atoms with Gasteiger partial charge in [0.05, 0.1) is 13.2 Å². The molecular formula is C11H15BrN2O. The number of nitrogens with two attached hydrogens (primary N) is 1. The van der Waals surface area contributed by atoms with E-state index in [4.69, 9.17) is 10.5 Å². The van der Waals surface area contributed by atoms with E-state index in [2.05, 4.69) is 20.9 Å². The number of rotatable bonds is 4. The van der Waals surface area contributed by atoms with E-state index in [9.17, 15) is 0 Å². The largest absolute Gasteiger partial charge is 0.383 e. The fourth-order valence-electron chi connectivity index (χ4n) is 1.26. The van der Waals surface area contributed by atoms with Gasteiger partial charge in [0.2, 0.25) is 0 Å². The molecule has 0 saturated carbocycles. The van der Waals surface area contributed by atoms with Gasteiger partial charge in [0.25, 0.3) is 0 Å². The van der Waals surface area contributed by atoms with Gasteiger partial charge < -0.3 is 10.5 Å². The molecule has 3 nitrogen and oxygen atoms in total. The molecule has 0 aromatic heterocycles. The Morgan fingerprint density at radius 2 is 2.27 bits per heavy atom. The number of hydrogen-bond acceptors (Lipinski definition) is 2. The second kappa shape index (κ2) is 5.88. The molecule has 0 aliphatic rings. The van der Waals surface area contributed by atoms with Gasteiger partial charge in [-0.05, 0) is 30.7 Å². The van der Waals surface area contributed by atoms with E-state index in [0.717, 1.165) is 15.6 Å². The van der Waals surface area contributed by atoms with Crippen molar-refractivity contribution in [3.05, 3.63) is 33.8 Å². The molecular weight excluding hydrogens is 256 g/mol. The summed E-state index contributed by atoms with van der Waals surface area (Å²) < 4.78 is 5.96. The van der Waals surface area contributed by atoms with Crippen molar-refractivity contribution >= 4 is 21.8 Å². The van der Waals surface area contributed by atoms with Gasteiger partial charge >= 0.3 is 0 Å². The predicted molar refractivity (Wildman–Crippen MR) is 66.3 cm³/mol. The molecule has 0 unspecified atom stereocenters. The van der Waals surface area contributed by atoms with Crippen molar-refractivity contribution in [1.82, 2.24) is 0 Å². The minimum Gasteiger partial charge on any atom is -0.383 e. The first-order valence-electron chi connectivity index (χ1n) is 4.70. The molecule has 1 aromatic rings. The summed E-state index contributed by atoms with van der Waals surface area (Å²) in [5.74, 6) is 0.567. The summed E-state index contributed by atoms with van der Waals surface area (Å²) in [7, 11) is 1.65. The molecule has 0 aliphatic heterocycles. The van der Waals surface area contributed by atoms with Gasteiger partial charge in [-0.1, -0.05) is 15.9 Å². The normalized spacial score (nSPS) is 11.8. The van der Waals surface area contributed by atoms with Crippen LogP contribution in [0.25, 0.3) is 0 Å². The summed E-state index contributed by atoms with van der Waals surface area (Å²) in [6.45, 7) is 3.20. The van der Waals surface area contributed by atoms with Gasteiger partial charge in [-0.3, -0.25) is 4.99 Å². The van der Waals surface area contributed by atoms with Crippen LogP contribution >= 0.6 is 15.9 Å². The maximum atomic E-state index is 5.87. The van der Waals surface area contributed by atoms with Gasteiger partial charge in [-0.25, -0.2) is 0 Å². The molecule has 1 rings (SSSR count). The van der Waals surface area contributed by atoms with Crippen LogP contribution in [0, 0.1) is 6.92 Å². The number of aliphatic imine (C=N–C) groups is 1. The Bertz CT molecular complexity index is 364. The van der Waals surface area contributed by atoms with E-state index >= 15 is 0 Å². The predicted octanol–water partition coefficient (Wildman–Crippen LogP) is 2.11. The van der Waals surface area contributed by atoms with Gasteiger partial charge in [0, 0.05) is 17.1 Å². The van der Waals surface area contributed by atoms with Crippen LogP contribution in [0.1, 0.15) is 11.1 Å². The third kappa shape index (κ3) is 3.64. The monoisotopic (exact) mass is 270 g/mol. The van der Waals surface area contributed by atoms with Crippen LogP contribution in [0.5, 0.6) is 0 Å². The maximum Gasteiger partial charge on any atom is 0.125 e. The number of nitrogens with zero attached hydrogens (tertiary/aromatic N) is 1. The first-order valence-corrected chi connectivity index (χ1v) is 5.50. The smallest absolute Gasteiger partial charge is 0.125 e. The zero-order chi connectivity index (χ0) is 11.3. The quantitative estimate of drug-likeness (QED) is 0.518. The van der Waals surface area contributed by atoms with E-state index < -0.39 is 0 Å². The molecule has 0 radical (unpaired) electrons. The Labute approximate surface area is 98.5 Å². The van der Waals surface area contributed by atoms with E-state index in [-0.39, 0.29) is 0 Å². The number of ether oxygens (including phenoxy) is 1. The Hall–Kier alpha value is -0.870. The van der Waals surface area contributed by atoms with Crippen LogP contribution in [0.3, 0.4) is 0 Å². The Morgan fingerprint density at radius 3 is 2.87 bits per heavy atom. The van der Waals surface area contributed by atoms with Gasteiger partial charge in [0.1, 0.15) is 5.84 Å². The third-order valence-electron chi connectivity index (χ3n) is 2.04. The molecule has 0 fully saturated rings. The molecule has 0 saturated heterocycles. The molecule has 0 atom stereocenters. The lowest BCUT2D eigenvalue weighted by Crippen LogP contribution is -2.16. The minimum absolute atomic E-state index is 0.567. The molecule has 4 heteroatoms. The molecule has 2 N–H and O–H groups in total. The van der Waals surface area contributed by atoms with Crippen molar-refractivity contribution in [2.24, 2.45) is 10.7 Å². The molecule has 82 valence electrons. The van der Waals surface area contributed by atoms with Crippen LogP contribution in [0.4, 0.5) is 0 Å². The van der Waals surface area contributed by atoms with Crippen LogP contribution in [0.15, 0.2) is 27.7 Å². The lowest BCUT2D eigenvalue weighted by molar-refractivity contribution is 0.208. The standard InChI is InChI=1S/C11H15BrN2O/c1-8-7-9(12)3-4-10(8)11(13)14-5-6-15-2/h3-4,7H,5-6H2,1-2H3,(H2,13,14). The Kier molecular flexibility index (Phi) is 4.78. The second-order valence-corrected chi connectivity index (χ2v) is 4.13. The summed E-state index contributed by atoms with van der Waals surface area (Å²) in [5.41, 5.74) is 7.96. The number of methoxy groups -OCH3 is 1. The highest BCUT2D eigenvalue weighted by molar-refractivity contribution is 9.10. The van der Waals surface area contributed by atoms with E-state index in [1.54, 1.807) is 7.11 Å². The fraction of sp³-hybridized carbons (Fsp3) is 0.364. The number of amidine groups is 1. The van der Waals surface area contributed by atoms with Crippen molar-refractivity contribution in [3.8, 4) is 0 Å². The summed E-state index contributed by atoms with van der Waals surface area (Å²) >= 11 is 3.41. The summed E-state index contributed by atoms with van der Waals surface area (Å²) in [6.07, 6.45) is 0. The topological polar surface area (TPSA) is 47.6 Å². The van der Waals surface area contributed by atoms with Gasteiger partial charge in [0.15, 0.2) is 0 Å². The fourth-order valence-corrected chi connectivity index (χ4v) is 1.73. The number of aryl methyl sites for hydroxylation is 1. The van der Waals surface area contributed by atoms with Gasteiger partial charge in [-0.15, -0.1) is 0 Å². The molecule has 0 aliphatic carbocycles. The van der Waals surface area contributed by atoms with Crippen LogP contribution in [0.2, 0.25) is 0 Å². The summed E-state index contributed by atoms with van der Waals surface area (Å²) in [4.78, 5) is 4.23. The zero-order valence-electron chi connectivity index (χ0n) is 8.96. The second-order valence-electron chi connectivity index (χ2n) is 3.22. The van der Waals surface area contributed by atoms with Crippen molar-refractivity contribution in [3.63, 3.8) is 0 Å². The van der Waals surface area contributed by atoms with Gasteiger partial charge in [-0.2, -0.15) is 0 Å². The lowest BCUT2D eigenvalue weighted by Gasteiger charge is -2.05. The molecule has 0 heterocycles. The molecule has 15 heavy (non-hydrogen) atoms. The number of halogens is 1. The molecule has 0 amide bonds. The minimum atomic E-state index is 0.567. The average molecular weight is 271 g/mol. The highest BCUT2D eigenvalue weighted by Gasteiger charge is 2.02. The van der Waals surface area contributed by atoms with E-state index in [0.29, 0.717) is 19.0 Å². The molecule has 1 aromatic carbocycles. The van der Waals surface area contributed by atoms with Crippen molar-refractivity contribution < 1.29 is 4.74 Å². The first-order chi connectivity index (χ1) is 7.15. The SMILES string of the molecule is COCCN=C(N)c1ccc(Br)cc1C. The third-order valence-corrected chi connectivity index (χ3v) is 2.54. The highest BCUT2D eigenvalue weighted by Crippen LogP contribution is 2.15. The Balaban J connectivity index is 2.81. The van der Waals surface area contributed by atoms with Crippen LogP contribution < -0.4 is 5.73 Å². The lowest BCUT2D eigenvalue weighted by atomic mass is 10.1. The highest BCUT2D eigenvalue weighted by atomic mass is 79.9. The maximum absolute atomic E-state index is 5.87. The summed E-state index contributed by atoms with van der Waals surface area (Å²) in [5, 5.41) is 0. The first kappa shape index (κ1) is 12.2. The molecule has 0 bridgehead atoms. The number of hydrogen-bond donors (Lipinski definition) is 1. The number of benzene rings is 1. The van der Waals surface area contributed by atoms with Crippen molar-refractivity contribution in [2.45, 2.75) is 6.92 Å². The van der Waals surface area contributed by atoms with Crippen molar-refractivity contribution in [2.75, 3.05) is 20.3 Å². The van der Waals surface area contributed by atoms with Crippen LogP contribution in [-0.4, -0.2) is 26.1 Å². The zero-order valence-corrected chi connectivity index (χ0v) is 10.5. The summed E-state index contributed by atoms with van der Waals surface area (Å²) in [6, 6.07) is 5.94. The van der Waals surface area contributed by atoms with Crippen molar-refractivity contribution in [1.29, 1.82) is 0 Å². The average Bonchev–Trinajstić information content (AvgIpc) is 2.17. The van der Waals surface area contributed by atoms with E-state index in [1.807, 2.05) is 25.1 Å². The van der Waals surface area contributed by atoms with E-state index in [1.165, 1.54) is 0 Å². The molecule has 0 spiro atoms. The van der Waals surface area contributed by atoms with Crippen LogP contribution in [-0.2, 0) is 4.74 Å².